The van der Waals surface area contributed by atoms with Crippen LogP contribution in [0.5, 0.6) is 11.5 Å². The molecule has 3 rings (SSSR count). The van der Waals surface area contributed by atoms with Crippen molar-refractivity contribution in [3.8, 4) is 11.5 Å². The maximum Gasteiger partial charge on any atom is 0.263 e. The van der Waals surface area contributed by atoms with E-state index in [2.05, 4.69) is 4.99 Å². The largest absolute Gasteiger partial charge is 0.495 e. The normalized spacial score (nSPS) is 10.6. The average Bonchev–Trinajstić information content (AvgIpc) is 2.75. The molecular formula is C22H20N2O3. The molecule has 3 aromatic carbocycles. The number of benzene rings is 3. The number of para-hydroxylation sites is 4. The molecule has 5 nitrogen and oxygen atoms in total. The third-order valence-corrected chi connectivity index (χ3v) is 3.98. The lowest BCUT2D eigenvalue weighted by atomic mass is 10.2. The van der Waals surface area contributed by atoms with Crippen LogP contribution in [0.2, 0.25) is 0 Å². The van der Waals surface area contributed by atoms with Crippen LogP contribution in [0, 0.1) is 0 Å². The van der Waals surface area contributed by atoms with Crippen molar-refractivity contribution in [1.82, 2.24) is 0 Å². The Hall–Kier alpha value is -3.60. The molecule has 27 heavy (non-hydrogen) atoms. The first kappa shape index (κ1) is 18.2. The van der Waals surface area contributed by atoms with Crippen molar-refractivity contribution in [2.24, 2.45) is 4.99 Å². The number of carbonyl (C=O) groups is 1. The van der Waals surface area contributed by atoms with Gasteiger partial charge in [-0.05, 0) is 36.4 Å². The van der Waals surface area contributed by atoms with E-state index in [4.69, 9.17) is 9.47 Å². The molecule has 0 spiro atoms. The summed E-state index contributed by atoms with van der Waals surface area (Å²) < 4.78 is 10.8. The van der Waals surface area contributed by atoms with E-state index in [1.54, 1.807) is 32.4 Å². The zero-order valence-electron chi connectivity index (χ0n) is 15.2. The van der Waals surface area contributed by atoms with Gasteiger partial charge in [0.05, 0.1) is 19.9 Å². The molecule has 0 aliphatic carbocycles. The first-order valence-electron chi connectivity index (χ1n) is 8.43. The Labute approximate surface area is 158 Å². The Morgan fingerprint density at radius 1 is 0.815 bits per heavy atom. The molecular weight excluding hydrogens is 340 g/mol. The van der Waals surface area contributed by atoms with E-state index in [-0.39, 0.29) is 5.91 Å². The van der Waals surface area contributed by atoms with Crippen molar-refractivity contribution in [3.63, 3.8) is 0 Å². The number of hydrogen-bond acceptors (Lipinski definition) is 4. The topological polar surface area (TPSA) is 51.1 Å². The molecule has 0 aliphatic heterocycles. The van der Waals surface area contributed by atoms with Gasteiger partial charge in [-0.25, -0.2) is 4.99 Å². The minimum Gasteiger partial charge on any atom is -0.495 e. The molecule has 1 amide bonds. The molecule has 5 heteroatoms. The van der Waals surface area contributed by atoms with Crippen LogP contribution in [0.1, 0.15) is 10.4 Å². The lowest BCUT2D eigenvalue weighted by Gasteiger charge is -2.20. The third kappa shape index (κ3) is 4.15. The van der Waals surface area contributed by atoms with Gasteiger partial charge in [0.1, 0.15) is 23.5 Å². The number of nitrogens with zero attached hydrogens (tertiary/aromatic N) is 2. The van der Waals surface area contributed by atoms with Gasteiger partial charge in [0.15, 0.2) is 0 Å². The molecule has 0 fully saturated rings. The van der Waals surface area contributed by atoms with Gasteiger partial charge in [-0.15, -0.1) is 0 Å². The van der Waals surface area contributed by atoms with E-state index in [9.17, 15) is 4.79 Å². The van der Waals surface area contributed by atoms with Crippen LogP contribution in [0.15, 0.2) is 83.9 Å². The standard InChI is InChI=1S/C22H20N2O3/c1-26-20-14-8-6-12-18(20)23-16-24(19-13-7-9-15-21(19)27-2)22(25)17-10-4-3-5-11-17/h3-16H,1-2H3. The highest BCUT2D eigenvalue weighted by Crippen LogP contribution is 2.30. The number of amides is 1. The van der Waals surface area contributed by atoms with Crippen LogP contribution >= 0.6 is 0 Å². The summed E-state index contributed by atoms with van der Waals surface area (Å²) in [6.07, 6.45) is 1.49. The fourth-order valence-corrected chi connectivity index (χ4v) is 2.63. The molecule has 3 aromatic rings. The number of rotatable bonds is 6. The Balaban J connectivity index is 2.05. The van der Waals surface area contributed by atoms with E-state index >= 15 is 0 Å². The summed E-state index contributed by atoms with van der Waals surface area (Å²) in [6.45, 7) is 0. The Bertz CT molecular complexity index is 939. The first-order valence-corrected chi connectivity index (χ1v) is 8.43. The van der Waals surface area contributed by atoms with Crippen molar-refractivity contribution in [2.45, 2.75) is 0 Å². The lowest BCUT2D eigenvalue weighted by molar-refractivity contribution is 0.100. The van der Waals surface area contributed by atoms with Gasteiger partial charge in [-0.3, -0.25) is 9.69 Å². The summed E-state index contributed by atoms with van der Waals surface area (Å²) in [5.41, 5.74) is 1.78. The fraction of sp³-hybridized carbons (Fsp3) is 0.0909. The second-order valence-corrected chi connectivity index (χ2v) is 5.63. The van der Waals surface area contributed by atoms with Crippen molar-refractivity contribution in [2.75, 3.05) is 19.1 Å². The van der Waals surface area contributed by atoms with Crippen LogP contribution in [0.4, 0.5) is 11.4 Å². The van der Waals surface area contributed by atoms with Gasteiger partial charge in [0.2, 0.25) is 0 Å². The van der Waals surface area contributed by atoms with Gasteiger partial charge in [-0.2, -0.15) is 0 Å². The SMILES string of the molecule is COc1ccccc1N=CN(C(=O)c1ccccc1)c1ccccc1OC. The van der Waals surface area contributed by atoms with Crippen molar-refractivity contribution >= 4 is 23.6 Å². The molecule has 0 radical (unpaired) electrons. The van der Waals surface area contributed by atoms with Crippen LogP contribution in [0.25, 0.3) is 0 Å². The summed E-state index contributed by atoms with van der Waals surface area (Å²) in [5.74, 6) is 0.993. The summed E-state index contributed by atoms with van der Waals surface area (Å²) in [5, 5.41) is 0. The maximum atomic E-state index is 13.1. The van der Waals surface area contributed by atoms with E-state index < -0.39 is 0 Å². The molecule has 0 saturated heterocycles. The zero-order valence-corrected chi connectivity index (χ0v) is 15.2. The number of aliphatic imine (C=N–C) groups is 1. The number of anilines is 1. The number of hydrogen-bond donors (Lipinski definition) is 0. The van der Waals surface area contributed by atoms with Crippen LogP contribution in [-0.4, -0.2) is 26.5 Å². The van der Waals surface area contributed by atoms with Crippen molar-refractivity contribution in [3.05, 3.63) is 84.4 Å². The van der Waals surface area contributed by atoms with Crippen molar-refractivity contribution < 1.29 is 14.3 Å². The average molecular weight is 360 g/mol. The van der Waals surface area contributed by atoms with E-state index in [0.717, 1.165) is 0 Å². The van der Waals surface area contributed by atoms with Crippen LogP contribution in [0.3, 0.4) is 0 Å². The van der Waals surface area contributed by atoms with E-state index in [0.29, 0.717) is 28.4 Å². The molecule has 0 unspecified atom stereocenters. The van der Waals surface area contributed by atoms with Gasteiger partial charge >= 0.3 is 0 Å². The molecule has 0 atom stereocenters. The quantitative estimate of drug-likeness (QED) is 0.472. The van der Waals surface area contributed by atoms with Gasteiger partial charge in [-0.1, -0.05) is 42.5 Å². The molecule has 0 N–H and O–H groups in total. The highest BCUT2D eigenvalue weighted by atomic mass is 16.5. The van der Waals surface area contributed by atoms with Gasteiger partial charge in [0.25, 0.3) is 5.91 Å². The highest BCUT2D eigenvalue weighted by molar-refractivity contribution is 6.17. The number of ether oxygens (including phenoxy) is 2. The summed E-state index contributed by atoms with van der Waals surface area (Å²) >= 11 is 0. The minimum absolute atomic E-state index is 0.209. The predicted octanol–water partition coefficient (Wildman–Crippen LogP) is 4.71. The number of methoxy groups -OCH3 is 2. The number of carbonyl (C=O) groups excluding carboxylic acids is 1. The first-order chi connectivity index (χ1) is 13.2. The predicted molar refractivity (Wildman–Crippen MR) is 107 cm³/mol. The minimum atomic E-state index is -0.209. The molecule has 0 saturated carbocycles. The molecule has 0 aliphatic rings. The van der Waals surface area contributed by atoms with Crippen LogP contribution < -0.4 is 14.4 Å². The lowest BCUT2D eigenvalue weighted by Crippen LogP contribution is -2.29. The van der Waals surface area contributed by atoms with Gasteiger partial charge < -0.3 is 9.47 Å². The van der Waals surface area contributed by atoms with E-state index in [1.807, 2.05) is 60.7 Å². The molecule has 0 heterocycles. The smallest absolute Gasteiger partial charge is 0.263 e. The molecule has 136 valence electrons. The molecule has 0 bridgehead atoms. The highest BCUT2D eigenvalue weighted by Gasteiger charge is 2.19. The second kappa shape index (κ2) is 8.67. The monoisotopic (exact) mass is 360 g/mol. The second-order valence-electron chi connectivity index (χ2n) is 5.63. The summed E-state index contributed by atoms with van der Waals surface area (Å²) in [4.78, 5) is 19.1. The Morgan fingerprint density at radius 3 is 2.11 bits per heavy atom. The maximum absolute atomic E-state index is 13.1. The Morgan fingerprint density at radius 2 is 1.41 bits per heavy atom. The third-order valence-electron chi connectivity index (χ3n) is 3.98. The Kier molecular flexibility index (Phi) is 5.84. The van der Waals surface area contributed by atoms with Crippen molar-refractivity contribution in [1.29, 1.82) is 0 Å². The summed E-state index contributed by atoms with van der Waals surface area (Å²) in [6, 6.07) is 23.7. The summed E-state index contributed by atoms with van der Waals surface area (Å²) in [7, 11) is 3.16. The zero-order chi connectivity index (χ0) is 19.1. The molecule has 0 aromatic heterocycles. The fourth-order valence-electron chi connectivity index (χ4n) is 2.63. The van der Waals surface area contributed by atoms with E-state index in [1.165, 1.54) is 11.2 Å². The van der Waals surface area contributed by atoms with Gasteiger partial charge in [0, 0.05) is 5.56 Å². The van der Waals surface area contributed by atoms with Crippen LogP contribution in [-0.2, 0) is 0 Å².